The van der Waals surface area contributed by atoms with E-state index in [1.54, 1.807) is 13.8 Å². The van der Waals surface area contributed by atoms with E-state index < -0.39 is 36.7 Å². The van der Waals surface area contributed by atoms with Gasteiger partial charge in [-0.25, -0.2) is 18.7 Å². The van der Waals surface area contributed by atoms with Gasteiger partial charge in [0, 0.05) is 30.6 Å². The van der Waals surface area contributed by atoms with Gasteiger partial charge in [0.1, 0.15) is 11.6 Å². The Morgan fingerprint density at radius 1 is 1.36 bits per heavy atom. The Labute approximate surface area is 183 Å². The summed E-state index contributed by atoms with van der Waals surface area (Å²) >= 11 is 0. The second-order valence-electron chi connectivity index (χ2n) is 7.41. The Balaban J connectivity index is 1.45. The molecule has 1 amide bonds. The Hall–Kier alpha value is -3.62. The van der Waals surface area contributed by atoms with Crippen molar-refractivity contribution in [2.24, 2.45) is 0 Å². The smallest absolute Gasteiger partial charge is 0.441 e. The quantitative estimate of drug-likeness (QED) is 0.467. The molecule has 1 fully saturated rings. The number of ether oxygens (including phenoxy) is 3. The summed E-state index contributed by atoms with van der Waals surface area (Å²) in [4.78, 5) is 15.8. The monoisotopic (exact) mass is 473 g/mol. The number of aromatic nitrogens is 5. The number of halogens is 4. The second kappa shape index (κ2) is 8.73. The fourth-order valence-corrected chi connectivity index (χ4v) is 3.18. The molecule has 1 saturated heterocycles. The van der Waals surface area contributed by atoms with Crippen molar-refractivity contribution in [1.82, 2.24) is 30.1 Å². The normalized spacial score (nSPS) is 20.9. The predicted octanol–water partition coefficient (Wildman–Crippen LogP) is 3.01. The molecule has 1 aliphatic heterocycles. The maximum Gasteiger partial charge on any atom is 0.574 e. The minimum absolute atomic E-state index is 0.135. The van der Waals surface area contributed by atoms with Crippen LogP contribution in [0.4, 0.5) is 34.0 Å². The number of alkyl carbamates (subject to hydrolysis) is 1. The summed E-state index contributed by atoms with van der Waals surface area (Å²) in [6.07, 6.45) is -6.78. The average molecular weight is 473 g/mol. The highest BCUT2D eigenvalue weighted by atomic mass is 19.4. The number of anilines is 2. The van der Waals surface area contributed by atoms with Crippen molar-refractivity contribution in [1.29, 1.82) is 0 Å². The maximum atomic E-state index is 14.8. The zero-order chi connectivity index (χ0) is 23.8. The highest BCUT2D eigenvalue weighted by molar-refractivity contribution is 5.72. The minimum Gasteiger partial charge on any atom is -0.441 e. The van der Waals surface area contributed by atoms with Crippen molar-refractivity contribution < 1.29 is 36.6 Å². The predicted molar refractivity (Wildman–Crippen MR) is 104 cm³/mol. The number of amides is 1. The van der Waals surface area contributed by atoms with E-state index in [-0.39, 0.29) is 35.5 Å². The molecule has 0 bridgehead atoms. The number of carbonyl (C=O) groups excluding carboxylic acids is 1. The van der Waals surface area contributed by atoms with Crippen LogP contribution in [0.3, 0.4) is 0 Å². The van der Waals surface area contributed by atoms with Crippen LogP contribution >= 0.6 is 0 Å². The number of nitrogens with zero attached hydrogens (tertiary/aromatic N) is 4. The summed E-state index contributed by atoms with van der Waals surface area (Å²) in [5.74, 6) is -0.327. The molecule has 4 heterocycles. The number of fused-ring (bicyclic) bond motifs is 1. The van der Waals surface area contributed by atoms with Crippen LogP contribution in [0, 0.1) is 0 Å². The molecule has 11 nitrogen and oxygen atoms in total. The van der Waals surface area contributed by atoms with Crippen molar-refractivity contribution in [3.63, 3.8) is 0 Å². The molecule has 0 spiro atoms. The minimum atomic E-state index is -4.89. The Kier molecular flexibility index (Phi) is 5.97. The van der Waals surface area contributed by atoms with Crippen molar-refractivity contribution in [3.05, 3.63) is 30.2 Å². The van der Waals surface area contributed by atoms with Crippen LogP contribution < -0.4 is 15.4 Å². The van der Waals surface area contributed by atoms with E-state index in [2.05, 4.69) is 35.7 Å². The molecular weight excluding hydrogens is 454 g/mol. The molecule has 0 aromatic carbocycles. The third-order valence-electron chi connectivity index (χ3n) is 4.49. The van der Waals surface area contributed by atoms with Crippen LogP contribution in [0.25, 0.3) is 5.52 Å². The molecule has 3 aromatic heterocycles. The highest BCUT2D eigenvalue weighted by Crippen LogP contribution is 2.34. The summed E-state index contributed by atoms with van der Waals surface area (Å²) in [5, 5.41) is 15.6. The van der Waals surface area contributed by atoms with Gasteiger partial charge in [0.25, 0.3) is 0 Å². The van der Waals surface area contributed by atoms with Gasteiger partial charge >= 0.3 is 12.5 Å². The van der Waals surface area contributed by atoms with E-state index in [9.17, 15) is 22.4 Å². The molecule has 0 unspecified atom stereocenters. The van der Waals surface area contributed by atoms with E-state index in [4.69, 9.17) is 9.47 Å². The van der Waals surface area contributed by atoms with E-state index >= 15 is 0 Å². The summed E-state index contributed by atoms with van der Waals surface area (Å²) in [6, 6.07) is 2.33. The molecule has 0 aliphatic carbocycles. The highest BCUT2D eigenvalue weighted by Gasteiger charge is 2.42. The number of hydrogen-bond donors (Lipinski definition) is 3. The third kappa shape index (κ3) is 5.24. The Morgan fingerprint density at radius 3 is 2.88 bits per heavy atom. The summed E-state index contributed by atoms with van der Waals surface area (Å²) in [7, 11) is 0. The SMILES string of the molecule is CC(C)NC(=O)O[C@@H]1CO[C@H](c2cc(Nc3nccn4nc(OC(F)(F)F)cc34)n[nH]2)[C@@H]1F. The first kappa shape index (κ1) is 22.6. The van der Waals surface area contributed by atoms with Gasteiger partial charge in [-0.15, -0.1) is 18.3 Å². The number of H-pyrrole nitrogens is 1. The van der Waals surface area contributed by atoms with Crippen LogP contribution in [-0.2, 0) is 9.47 Å². The number of rotatable bonds is 6. The molecule has 15 heteroatoms. The molecule has 0 saturated carbocycles. The first-order valence-corrected chi connectivity index (χ1v) is 9.74. The van der Waals surface area contributed by atoms with Crippen LogP contribution in [0.2, 0.25) is 0 Å². The van der Waals surface area contributed by atoms with E-state index in [0.29, 0.717) is 0 Å². The molecule has 4 rings (SSSR count). The van der Waals surface area contributed by atoms with E-state index in [1.807, 2.05) is 0 Å². The molecular formula is C18H19F4N7O4. The van der Waals surface area contributed by atoms with Crippen molar-refractivity contribution in [2.75, 3.05) is 11.9 Å². The van der Waals surface area contributed by atoms with Crippen LogP contribution in [-0.4, -0.2) is 62.2 Å². The van der Waals surface area contributed by atoms with Crippen molar-refractivity contribution >= 4 is 23.2 Å². The van der Waals surface area contributed by atoms with E-state index in [1.165, 1.54) is 18.5 Å². The number of alkyl halides is 4. The van der Waals surface area contributed by atoms with Gasteiger partial charge in [-0.2, -0.15) is 5.10 Å². The first-order chi connectivity index (χ1) is 15.6. The van der Waals surface area contributed by atoms with Crippen LogP contribution in [0.15, 0.2) is 24.5 Å². The lowest BCUT2D eigenvalue weighted by Crippen LogP contribution is -2.36. The molecule has 3 aromatic rings. The largest absolute Gasteiger partial charge is 0.574 e. The van der Waals surface area contributed by atoms with Gasteiger partial charge in [-0.3, -0.25) is 5.10 Å². The molecule has 0 radical (unpaired) electrons. The lowest BCUT2D eigenvalue weighted by atomic mass is 10.1. The average Bonchev–Trinajstić information content (AvgIpc) is 3.40. The number of aromatic amines is 1. The zero-order valence-corrected chi connectivity index (χ0v) is 17.3. The molecule has 3 N–H and O–H groups in total. The summed E-state index contributed by atoms with van der Waals surface area (Å²) < 4.78 is 67.6. The van der Waals surface area contributed by atoms with Gasteiger partial charge in [0.15, 0.2) is 23.9 Å². The molecule has 178 valence electrons. The van der Waals surface area contributed by atoms with Gasteiger partial charge in [0.05, 0.1) is 12.3 Å². The molecule has 33 heavy (non-hydrogen) atoms. The fraction of sp³-hybridized carbons (Fsp3) is 0.444. The van der Waals surface area contributed by atoms with Gasteiger partial charge < -0.3 is 24.8 Å². The van der Waals surface area contributed by atoms with Crippen molar-refractivity contribution in [2.45, 2.75) is 44.6 Å². The van der Waals surface area contributed by atoms with Crippen molar-refractivity contribution in [3.8, 4) is 5.88 Å². The molecule has 3 atom stereocenters. The number of nitrogens with one attached hydrogen (secondary N) is 3. The first-order valence-electron chi connectivity index (χ1n) is 9.74. The standard InChI is InChI=1S/C18H19F4N7O4/c1-8(2)24-17(30)32-11-7-31-15(14(11)19)9-5-12(27-26-9)25-16-10-6-13(33-18(20,21)22)28-29(10)4-3-23-16/h3-6,8,11,14-15H,7H2,1-2H3,(H,24,30)(H2,23,25,26,27)/t11-,14-,15-/m1/s1. The van der Waals surface area contributed by atoms with Crippen LogP contribution in [0.5, 0.6) is 5.88 Å². The Morgan fingerprint density at radius 2 is 2.15 bits per heavy atom. The lowest BCUT2D eigenvalue weighted by Gasteiger charge is -2.16. The van der Waals surface area contributed by atoms with Gasteiger partial charge in [0.2, 0.25) is 5.88 Å². The topological polar surface area (TPSA) is 128 Å². The maximum absolute atomic E-state index is 14.8. The summed E-state index contributed by atoms with van der Waals surface area (Å²) in [5.41, 5.74) is 0.452. The van der Waals surface area contributed by atoms with Gasteiger partial charge in [-0.05, 0) is 13.8 Å². The zero-order valence-electron chi connectivity index (χ0n) is 17.3. The number of carbonyl (C=O) groups is 1. The fourth-order valence-electron chi connectivity index (χ4n) is 3.18. The summed E-state index contributed by atoms with van der Waals surface area (Å²) in [6.45, 7) is 3.34. The Bertz CT molecular complexity index is 1130. The lowest BCUT2D eigenvalue weighted by molar-refractivity contribution is -0.276. The van der Waals surface area contributed by atoms with E-state index in [0.717, 1.165) is 10.6 Å². The number of hydrogen-bond acceptors (Lipinski definition) is 8. The molecule has 1 aliphatic rings. The van der Waals surface area contributed by atoms with Crippen LogP contribution in [0.1, 0.15) is 25.6 Å². The third-order valence-corrected chi connectivity index (χ3v) is 4.49. The second-order valence-corrected chi connectivity index (χ2v) is 7.41. The van der Waals surface area contributed by atoms with Gasteiger partial charge in [-0.1, -0.05) is 0 Å².